The third kappa shape index (κ3) is 1.72. The minimum Gasteiger partial charge on any atom is -0.476 e. The zero-order valence-corrected chi connectivity index (χ0v) is 8.43. The minimum absolute atomic E-state index is 0. The Morgan fingerprint density at radius 3 is 2.86 bits per heavy atom. The molecule has 0 aliphatic rings. The van der Waals surface area contributed by atoms with Crippen LogP contribution in [0.5, 0.6) is 0 Å². The molecule has 2 aromatic rings. The van der Waals surface area contributed by atoms with Gasteiger partial charge >= 0.3 is 5.97 Å². The van der Waals surface area contributed by atoms with Crippen LogP contribution >= 0.6 is 17.0 Å². The van der Waals surface area contributed by atoms with E-state index in [1.807, 2.05) is 0 Å². The van der Waals surface area contributed by atoms with Crippen LogP contribution in [0.4, 0.5) is 4.39 Å². The Balaban J connectivity index is 0.000000980. The van der Waals surface area contributed by atoms with Crippen molar-refractivity contribution < 1.29 is 14.3 Å². The number of aromatic nitrogens is 3. The number of carboxylic acids is 1. The summed E-state index contributed by atoms with van der Waals surface area (Å²) in [5, 5.41) is 8.56. The molecule has 74 valence electrons. The third-order valence-corrected chi connectivity index (χ3v) is 1.50. The second-order valence-corrected chi connectivity index (χ2v) is 2.41. The third-order valence-electron chi connectivity index (χ3n) is 1.50. The van der Waals surface area contributed by atoms with Crippen LogP contribution in [0.1, 0.15) is 10.5 Å². The van der Waals surface area contributed by atoms with Gasteiger partial charge in [-0.15, -0.1) is 17.0 Å². The molecule has 0 aliphatic carbocycles. The number of imidazole rings is 1. The summed E-state index contributed by atoms with van der Waals surface area (Å²) >= 11 is 0. The van der Waals surface area contributed by atoms with E-state index in [-0.39, 0.29) is 28.5 Å². The highest BCUT2D eigenvalue weighted by atomic mass is 79.9. The van der Waals surface area contributed by atoms with Gasteiger partial charge < -0.3 is 5.11 Å². The largest absolute Gasteiger partial charge is 0.476 e. The average Bonchev–Trinajstić information content (AvgIpc) is 2.46. The van der Waals surface area contributed by atoms with E-state index in [0.717, 1.165) is 12.4 Å². The molecule has 7 heteroatoms. The number of rotatable bonds is 1. The summed E-state index contributed by atoms with van der Waals surface area (Å²) in [4.78, 5) is 17.7. The molecule has 14 heavy (non-hydrogen) atoms. The van der Waals surface area contributed by atoms with Crippen molar-refractivity contribution in [3.05, 3.63) is 30.1 Å². The number of carbonyl (C=O) groups is 1. The van der Waals surface area contributed by atoms with Crippen molar-refractivity contribution in [1.82, 2.24) is 14.4 Å². The molecule has 0 radical (unpaired) electrons. The SMILES string of the molecule is Br.O=C(O)c1cn2cc(F)cnc2n1. The predicted octanol–water partition coefficient (Wildman–Crippen LogP) is 1.14. The Morgan fingerprint density at radius 2 is 2.21 bits per heavy atom. The van der Waals surface area contributed by atoms with Crippen molar-refractivity contribution >= 4 is 28.7 Å². The van der Waals surface area contributed by atoms with Crippen molar-refractivity contribution in [2.24, 2.45) is 0 Å². The normalized spacial score (nSPS) is 9.79. The van der Waals surface area contributed by atoms with Gasteiger partial charge in [-0.05, 0) is 0 Å². The lowest BCUT2D eigenvalue weighted by molar-refractivity contribution is 0.0691. The van der Waals surface area contributed by atoms with Crippen molar-refractivity contribution in [1.29, 1.82) is 0 Å². The van der Waals surface area contributed by atoms with Crippen LogP contribution in [-0.4, -0.2) is 25.4 Å². The molecule has 0 bridgehead atoms. The molecule has 0 spiro atoms. The predicted molar refractivity (Wildman–Crippen MR) is 50.2 cm³/mol. The Hall–Kier alpha value is -1.50. The maximum absolute atomic E-state index is 12.6. The van der Waals surface area contributed by atoms with Gasteiger partial charge in [-0.25, -0.2) is 19.2 Å². The number of carboxylic acid groups (broad SMARTS) is 1. The highest BCUT2D eigenvalue weighted by molar-refractivity contribution is 8.93. The first kappa shape index (κ1) is 10.6. The van der Waals surface area contributed by atoms with Crippen LogP contribution in [0.15, 0.2) is 18.6 Å². The first-order valence-electron chi connectivity index (χ1n) is 3.40. The van der Waals surface area contributed by atoms with Crippen LogP contribution in [0.3, 0.4) is 0 Å². The van der Waals surface area contributed by atoms with Gasteiger partial charge in [-0.3, -0.25) is 4.40 Å². The molecular weight excluding hydrogens is 257 g/mol. The zero-order valence-electron chi connectivity index (χ0n) is 6.72. The Labute approximate surface area is 88.0 Å². The van der Waals surface area contributed by atoms with Gasteiger partial charge in [0.15, 0.2) is 11.5 Å². The Kier molecular flexibility index (Phi) is 2.80. The molecule has 0 aliphatic heterocycles. The average molecular weight is 262 g/mol. The fourth-order valence-electron chi connectivity index (χ4n) is 0.963. The molecule has 0 amide bonds. The first-order valence-corrected chi connectivity index (χ1v) is 3.40. The second kappa shape index (κ2) is 3.70. The van der Waals surface area contributed by atoms with Crippen LogP contribution < -0.4 is 0 Å². The van der Waals surface area contributed by atoms with Crippen LogP contribution in [-0.2, 0) is 0 Å². The Morgan fingerprint density at radius 1 is 1.50 bits per heavy atom. The summed E-state index contributed by atoms with van der Waals surface area (Å²) < 4.78 is 13.8. The van der Waals surface area contributed by atoms with Crippen LogP contribution in [0, 0.1) is 5.82 Å². The van der Waals surface area contributed by atoms with Crippen LogP contribution in [0.2, 0.25) is 0 Å². The molecule has 5 nitrogen and oxygen atoms in total. The van der Waals surface area contributed by atoms with E-state index in [4.69, 9.17) is 5.11 Å². The fraction of sp³-hybridized carbons (Fsp3) is 0. The van der Waals surface area contributed by atoms with Gasteiger partial charge in [0, 0.05) is 12.4 Å². The number of fused-ring (bicyclic) bond motifs is 1. The molecule has 1 N–H and O–H groups in total. The number of hydrogen-bond acceptors (Lipinski definition) is 3. The smallest absolute Gasteiger partial charge is 0.356 e. The lowest BCUT2D eigenvalue weighted by atomic mass is 10.5. The van der Waals surface area contributed by atoms with Gasteiger partial charge in [0.25, 0.3) is 0 Å². The number of halogens is 2. The first-order chi connectivity index (χ1) is 6.16. The van der Waals surface area contributed by atoms with Gasteiger partial charge in [0.2, 0.25) is 5.78 Å². The highest BCUT2D eigenvalue weighted by Gasteiger charge is 2.09. The molecule has 2 rings (SSSR count). The van der Waals surface area contributed by atoms with E-state index in [0.29, 0.717) is 0 Å². The summed E-state index contributed by atoms with van der Waals surface area (Å²) in [5.74, 6) is -1.54. The monoisotopic (exact) mass is 261 g/mol. The van der Waals surface area contributed by atoms with E-state index in [9.17, 15) is 9.18 Å². The summed E-state index contributed by atoms with van der Waals surface area (Å²) in [5.41, 5.74) is -0.155. The molecule has 0 saturated carbocycles. The maximum atomic E-state index is 12.6. The number of hydrogen-bond donors (Lipinski definition) is 1. The van der Waals surface area contributed by atoms with E-state index < -0.39 is 11.8 Å². The summed E-state index contributed by atoms with van der Waals surface area (Å²) in [6.45, 7) is 0. The molecule has 2 aromatic heterocycles. The molecule has 0 fully saturated rings. The Bertz CT molecular complexity index is 485. The minimum atomic E-state index is -1.16. The standard InChI is InChI=1S/C7H4FN3O2.BrH/c8-4-1-9-7-10-5(6(12)13)3-11(7)2-4;/h1-3H,(H,12,13);1H. The van der Waals surface area contributed by atoms with E-state index in [2.05, 4.69) is 9.97 Å². The molecule has 0 saturated heterocycles. The van der Waals surface area contributed by atoms with Gasteiger partial charge in [-0.1, -0.05) is 0 Å². The van der Waals surface area contributed by atoms with Gasteiger partial charge in [0.1, 0.15) is 0 Å². The van der Waals surface area contributed by atoms with Crippen molar-refractivity contribution in [3.8, 4) is 0 Å². The zero-order chi connectivity index (χ0) is 9.42. The number of nitrogens with zero attached hydrogens (tertiary/aromatic N) is 3. The van der Waals surface area contributed by atoms with Gasteiger partial charge in [-0.2, -0.15) is 0 Å². The molecule has 0 aromatic carbocycles. The lowest BCUT2D eigenvalue weighted by Crippen LogP contribution is -1.94. The number of aromatic carboxylic acids is 1. The highest BCUT2D eigenvalue weighted by Crippen LogP contribution is 2.03. The summed E-state index contributed by atoms with van der Waals surface area (Å²) in [6.07, 6.45) is 3.30. The van der Waals surface area contributed by atoms with Crippen molar-refractivity contribution in [2.45, 2.75) is 0 Å². The van der Waals surface area contributed by atoms with Crippen LogP contribution in [0.25, 0.3) is 5.78 Å². The van der Waals surface area contributed by atoms with Crippen molar-refractivity contribution in [3.63, 3.8) is 0 Å². The van der Waals surface area contributed by atoms with E-state index in [1.54, 1.807) is 0 Å². The van der Waals surface area contributed by atoms with Gasteiger partial charge in [0.05, 0.1) is 6.20 Å². The van der Waals surface area contributed by atoms with E-state index in [1.165, 1.54) is 10.6 Å². The quantitative estimate of drug-likeness (QED) is 0.836. The maximum Gasteiger partial charge on any atom is 0.356 e. The summed E-state index contributed by atoms with van der Waals surface area (Å²) in [6, 6.07) is 0. The summed E-state index contributed by atoms with van der Waals surface area (Å²) in [7, 11) is 0. The second-order valence-electron chi connectivity index (χ2n) is 2.41. The van der Waals surface area contributed by atoms with Crippen molar-refractivity contribution in [2.75, 3.05) is 0 Å². The molecular formula is C7H5BrFN3O2. The lowest BCUT2D eigenvalue weighted by Gasteiger charge is -1.89. The topological polar surface area (TPSA) is 67.5 Å². The fourth-order valence-corrected chi connectivity index (χ4v) is 0.963. The molecule has 0 atom stereocenters. The van der Waals surface area contributed by atoms with E-state index >= 15 is 0 Å². The molecule has 2 heterocycles. The molecule has 0 unspecified atom stereocenters.